The number of benzene rings is 1. The van der Waals surface area contributed by atoms with Gasteiger partial charge in [-0.15, -0.1) is 0 Å². The van der Waals surface area contributed by atoms with Crippen LogP contribution >= 0.6 is 23.4 Å². The van der Waals surface area contributed by atoms with E-state index in [4.69, 9.17) is 11.6 Å². The maximum absolute atomic E-state index is 6.25. The van der Waals surface area contributed by atoms with Gasteiger partial charge in [0.1, 0.15) is 11.4 Å². The second-order valence-corrected chi connectivity index (χ2v) is 6.20. The van der Waals surface area contributed by atoms with Gasteiger partial charge >= 0.3 is 0 Å². The highest BCUT2D eigenvalue weighted by molar-refractivity contribution is 7.99. The summed E-state index contributed by atoms with van der Waals surface area (Å²) in [5, 5.41) is 7.12. The summed E-state index contributed by atoms with van der Waals surface area (Å²) < 4.78 is 1.75. The number of nitrogens with zero attached hydrogens (tertiary/aromatic N) is 4. The first-order valence-corrected chi connectivity index (χ1v) is 7.46. The molecule has 1 aromatic carbocycles. The van der Waals surface area contributed by atoms with Gasteiger partial charge in [-0.05, 0) is 18.6 Å². The second kappa shape index (κ2) is 5.42. The molecular formula is C14H13ClN4S. The number of hydrogen-bond donors (Lipinski definition) is 0. The second-order valence-electron chi connectivity index (χ2n) is 4.47. The van der Waals surface area contributed by atoms with Crippen molar-refractivity contribution in [2.45, 2.75) is 17.2 Å². The SMILES string of the molecule is C[C@@H](Sc1ncnc2c1cnn2C)c1ccccc1Cl. The molecule has 0 bridgehead atoms. The number of rotatable bonds is 3. The molecule has 0 fully saturated rings. The van der Waals surface area contributed by atoms with Gasteiger partial charge in [-0.25, -0.2) is 9.97 Å². The molecule has 1 atom stereocenters. The zero-order valence-electron chi connectivity index (χ0n) is 11.1. The van der Waals surface area contributed by atoms with E-state index in [0.717, 1.165) is 26.6 Å². The van der Waals surface area contributed by atoms with Crippen molar-refractivity contribution in [2.75, 3.05) is 0 Å². The van der Waals surface area contributed by atoms with Gasteiger partial charge in [0.25, 0.3) is 0 Å². The van der Waals surface area contributed by atoms with E-state index in [1.807, 2.05) is 31.3 Å². The number of aryl methyl sites for hydroxylation is 1. The summed E-state index contributed by atoms with van der Waals surface area (Å²) in [7, 11) is 1.88. The smallest absolute Gasteiger partial charge is 0.162 e. The Morgan fingerprint density at radius 1 is 1.25 bits per heavy atom. The molecule has 0 saturated heterocycles. The minimum Gasteiger partial charge on any atom is -0.250 e. The van der Waals surface area contributed by atoms with E-state index in [1.165, 1.54) is 0 Å². The summed E-state index contributed by atoms with van der Waals surface area (Å²) in [6.07, 6.45) is 3.38. The maximum atomic E-state index is 6.25. The Hall–Kier alpha value is -1.59. The largest absolute Gasteiger partial charge is 0.250 e. The van der Waals surface area contributed by atoms with Gasteiger partial charge in [0, 0.05) is 17.3 Å². The van der Waals surface area contributed by atoms with Gasteiger partial charge in [0.05, 0.1) is 11.6 Å². The monoisotopic (exact) mass is 304 g/mol. The molecule has 20 heavy (non-hydrogen) atoms. The minimum atomic E-state index is 0.210. The number of halogens is 1. The Balaban J connectivity index is 1.95. The molecule has 0 aliphatic heterocycles. The number of aromatic nitrogens is 4. The van der Waals surface area contributed by atoms with Crippen molar-refractivity contribution in [1.82, 2.24) is 19.7 Å². The highest BCUT2D eigenvalue weighted by atomic mass is 35.5. The van der Waals surface area contributed by atoms with Crippen LogP contribution < -0.4 is 0 Å². The Morgan fingerprint density at radius 3 is 2.85 bits per heavy atom. The molecule has 2 aromatic heterocycles. The van der Waals surface area contributed by atoms with Crippen molar-refractivity contribution in [2.24, 2.45) is 7.05 Å². The molecule has 0 N–H and O–H groups in total. The molecule has 0 spiro atoms. The zero-order valence-corrected chi connectivity index (χ0v) is 12.7. The summed E-state index contributed by atoms with van der Waals surface area (Å²) in [4.78, 5) is 8.62. The van der Waals surface area contributed by atoms with Gasteiger partial charge in [-0.3, -0.25) is 4.68 Å². The Kier molecular flexibility index (Phi) is 3.63. The maximum Gasteiger partial charge on any atom is 0.162 e. The van der Waals surface area contributed by atoms with Gasteiger partial charge in [-0.1, -0.05) is 41.6 Å². The Morgan fingerprint density at radius 2 is 2.05 bits per heavy atom. The third-order valence-corrected chi connectivity index (χ3v) is 4.62. The third-order valence-electron chi connectivity index (χ3n) is 3.12. The summed E-state index contributed by atoms with van der Waals surface area (Å²) in [6, 6.07) is 7.89. The van der Waals surface area contributed by atoms with Gasteiger partial charge in [0.2, 0.25) is 0 Å². The average Bonchev–Trinajstić information content (AvgIpc) is 2.82. The standard InChI is InChI=1S/C14H13ClN4S/c1-9(10-5-3-4-6-12(10)15)20-14-11-7-18-19(2)13(11)16-8-17-14/h3-9H,1-2H3/t9-/m1/s1. The van der Waals surface area contributed by atoms with Crippen LogP contribution in [-0.4, -0.2) is 19.7 Å². The molecule has 3 aromatic rings. The first-order chi connectivity index (χ1) is 9.66. The van der Waals surface area contributed by atoms with Crippen molar-refractivity contribution in [3.8, 4) is 0 Å². The first-order valence-electron chi connectivity index (χ1n) is 6.20. The summed E-state index contributed by atoms with van der Waals surface area (Å²) in [6.45, 7) is 2.12. The number of fused-ring (bicyclic) bond motifs is 1. The topological polar surface area (TPSA) is 43.6 Å². The molecule has 0 radical (unpaired) electrons. The lowest BCUT2D eigenvalue weighted by Crippen LogP contribution is -1.94. The van der Waals surface area contributed by atoms with Crippen LogP contribution in [0.4, 0.5) is 0 Å². The summed E-state index contributed by atoms with van der Waals surface area (Å²) in [5.74, 6) is 0. The van der Waals surface area contributed by atoms with Crippen LogP contribution in [0.3, 0.4) is 0 Å². The highest BCUT2D eigenvalue weighted by Crippen LogP contribution is 2.38. The number of thioether (sulfide) groups is 1. The molecule has 2 heterocycles. The van der Waals surface area contributed by atoms with Crippen molar-refractivity contribution < 1.29 is 0 Å². The van der Waals surface area contributed by atoms with E-state index >= 15 is 0 Å². The van der Waals surface area contributed by atoms with Crippen LogP contribution in [0.25, 0.3) is 11.0 Å². The molecule has 102 valence electrons. The van der Waals surface area contributed by atoms with E-state index < -0.39 is 0 Å². The fraction of sp³-hybridized carbons (Fsp3) is 0.214. The minimum absolute atomic E-state index is 0.210. The lowest BCUT2D eigenvalue weighted by molar-refractivity contribution is 0.784. The predicted octanol–water partition coefficient (Wildman–Crippen LogP) is 3.87. The fourth-order valence-electron chi connectivity index (χ4n) is 2.07. The Bertz CT molecular complexity index is 756. The molecule has 6 heteroatoms. The van der Waals surface area contributed by atoms with Crippen molar-refractivity contribution in [3.05, 3.63) is 47.4 Å². The van der Waals surface area contributed by atoms with E-state index in [2.05, 4.69) is 22.0 Å². The van der Waals surface area contributed by atoms with Crippen molar-refractivity contribution in [3.63, 3.8) is 0 Å². The van der Waals surface area contributed by atoms with Crippen LogP contribution in [0.5, 0.6) is 0 Å². The quantitative estimate of drug-likeness (QED) is 0.544. The van der Waals surface area contributed by atoms with E-state index in [9.17, 15) is 0 Å². The third kappa shape index (κ3) is 2.39. The molecule has 0 saturated carbocycles. The van der Waals surface area contributed by atoms with Crippen LogP contribution in [0.1, 0.15) is 17.7 Å². The summed E-state index contributed by atoms with van der Waals surface area (Å²) in [5.41, 5.74) is 1.95. The van der Waals surface area contributed by atoms with Crippen LogP contribution in [-0.2, 0) is 7.05 Å². The van der Waals surface area contributed by atoms with Gasteiger partial charge in [-0.2, -0.15) is 5.10 Å². The molecule has 0 amide bonds. The van der Waals surface area contributed by atoms with Crippen LogP contribution in [0, 0.1) is 0 Å². The molecule has 0 aliphatic carbocycles. The van der Waals surface area contributed by atoms with Crippen LogP contribution in [0.2, 0.25) is 5.02 Å². The molecule has 0 unspecified atom stereocenters. The highest BCUT2D eigenvalue weighted by Gasteiger charge is 2.15. The first kappa shape index (κ1) is 13.4. The van der Waals surface area contributed by atoms with Gasteiger partial charge < -0.3 is 0 Å². The molecular weight excluding hydrogens is 292 g/mol. The number of hydrogen-bond acceptors (Lipinski definition) is 4. The lowest BCUT2D eigenvalue weighted by Gasteiger charge is -2.12. The molecule has 4 nitrogen and oxygen atoms in total. The fourth-order valence-corrected chi connectivity index (χ4v) is 3.48. The van der Waals surface area contributed by atoms with E-state index in [1.54, 1.807) is 29.0 Å². The predicted molar refractivity (Wildman–Crippen MR) is 82.0 cm³/mol. The average molecular weight is 305 g/mol. The summed E-state index contributed by atoms with van der Waals surface area (Å²) >= 11 is 7.91. The normalized spacial score (nSPS) is 12.8. The zero-order chi connectivity index (χ0) is 14.1. The Labute approximate surface area is 126 Å². The van der Waals surface area contributed by atoms with E-state index in [-0.39, 0.29) is 5.25 Å². The van der Waals surface area contributed by atoms with Crippen molar-refractivity contribution in [1.29, 1.82) is 0 Å². The molecule has 0 aliphatic rings. The van der Waals surface area contributed by atoms with Crippen molar-refractivity contribution >= 4 is 34.4 Å². The van der Waals surface area contributed by atoms with E-state index in [0.29, 0.717) is 0 Å². The molecule has 3 rings (SSSR count). The lowest BCUT2D eigenvalue weighted by atomic mass is 10.2. The van der Waals surface area contributed by atoms with Crippen LogP contribution in [0.15, 0.2) is 41.8 Å². The van der Waals surface area contributed by atoms with Gasteiger partial charge in [0.15, 0.2) is 5.65 Å².